The van der Waals surface area contributed by atoms with Crippen LogP contribution >= 0.6 is 0 Å². The first-order valence-electron chi connectivity index (χ1n) is 5.97. The predicted molar refractivity (Wildman–Crippen MR) is 66.5 cm³/mol. The fourth-order valence-corrected chi connectivity index (χ4v) is 1.57. The highest BCUT2D eigenvalue weighted by atomic mass is 19.4. The van der Waals surface area contributed by atoms with Crippen molar-refractivity contribution in [1.29, 1.82) is 0 Å². The maximum absolute atomic E-state index is 12.2. The summed E-state index contributed by atoms with van der Waals surface area (Å²) in [5.74, 6) is 0.764. The molecule has 1 unspecified atom stereocenters. The third-order valence-corrected chi connectivity index (χ3v) is 2.67. The minimum absolute atomic E-state index is 0.125. The second-order valence-corrected chi connectivity index (χ2v) is 4.25. The Hall–Kier alpha value is -1.43. The summed E-state index contributed by atoms with van der Waals surface area (Å²) in [6.45, 7) is 0.606. The average molecular weight is 277 g/mol. The first kappa shape index (κ1) is 15.6. The first-order valence-corrected chi connectivity index (χ1v) is 5.97. The zero-order valence-electron chi connectivity index (χ0n) is 11.0. The molecule has 0 heterocycles. The third-order valence-electron chi connectivity index (χ3n) is 2.67. The van der Waals surface area contributed by atoms with E-state index in [2.05, 4.69) is 0 Å². The topological polar surface area (TPSA) is 44.5 Å². The molecule has 6 heteroatoms. The minimum Gasteiger partial charge on any atom is -0.497 e. The maximum Gasteiger partial charge on any atom is 0.422 e. The molecule has 0 fully saturated rings. The van der Waals surface area contributed by atoms with E-state index < -0.39 is 12.8 Å². The second-order valence-electron chi connectivity index (χ2n) is 4.25. The molecule has 1 rings (SSSR count). The lowest BCUT2D eigenvalue weighted by atomic mass is 10.0. The van der Waals surface area contributed by atoms with E-state index >= 15 is 0 Å². The van der Waals surface area contributed by atoms with Gasteiger partial charge in [0.05, 0.1) is 7.11 Å². The summed E-state index contributed by atoms with van der Waals surface area (Å²) in [4.78, 5) is 0. The van der Waals surface area contributed by atoms with E-state index in [9.17, 15) is 13.2 Å². The van der Waals surface area contributed by atoms with Crippen LogP contribution in [0, 0.1) is 0 Å². The Morgan fingerprint density at radius 2 is 2.00 bits per heavy atom. The molecule has 0 aliphatic carbocycles. The summed E-state index contributed by atoms with van der Waals surface area (Å²) in [6.07, 6.45) is -3.18. The molecule has 0 aliphatic rings. The zero-order chi connectivity index (χ0) is 14.5. The first-order chi connectivity index (χ1) is 8.85. The van der Waals surface area contributed by atoms with Crippen molar-refractivity contribution in [2.75, 3.05) is 13.7 Å². The fourth-order valence-electron chi connectivity index (χ4n) is 1.57. The van der Waals surface area contributed by atoms with Gasteiger partial charge in [-0.25, -0.2) is 0 Å². The Labute approximate surface area is 110 Å². The number of alkyl halides is 3. The molecule has 0 aromatic heterocycles. The van der Waals surface area contributed by atoms with E-state index in [1.54, 1.807) is 12.1 Å². The average Bonchev–Trinajstić information content (AvgIpc) is 2.35. The van der Waals surface area contributed by atoms with E-state index in [1.165, 1.54) is 13.2 Å². The minimum atomic E-state index is -4.36. The molecule has 108 valence electrons. The number of hydrogen-bond donors (Lipinski definition) is 1. The highest BCUT2D eigenvalue weighted by molar-refractivity contribution is 5.40. The summed E-state index contributed by atoms with van der Waals surface area (Å²) < 4.78 is 46.4. The van der Waals surface area contributed by atoms with Crippen molar-refractivity contribution < 1.29 is 22.6 Å². The summed E-state index contributed by atoms with van der Waals surface area (Å²) in [5, 5.41) is 0. The Bertz CT molecular complexity index is 407. The molecule has 1 aromatic carbocycles. The maximum atomic E-state index is 12.2. The third kappa shape index (κ3) is 5.38. The highest BCUT2D eigenvalue weighted by Crippen LogP contribution is 2.27. The molecule has 0 amide bonds. The number of rotatable bonds is 6. The normalized spacial score (nSPS) is 13.2. The SMILES string of the molecule is CCC(N)Cc1cc(OC)ccc1OCC(F)(F)F. The van der Waals surface area contributed by atoms with Gasteiger partial charge < -0.3 is 15.2 Å². The highest BCUT2D eigenvalue weighted by Gasteiger charge is 2.28. The Balaban J connectivity index is 2.88. The van der Waals surface area contributed by atoms with Gasteiger partial charge in [-0.2, -0.15) is 13.2 Å². The van der Waals surface area contributed by atoms with Crippen LogP contribution in [0.1, 0.15) is 18.9 Å². The van der Waals surface area contributed by atoms with Crippen molar-refractivity contribution in [2.24, 2.45) is 5.73 Å². The number of ether oxygens (including phenoxy) is 2. The largest absolute Gasteiger partial charge is 0.497 e. The monoisotopic (exact) mass is 277 g/mol. The van der Waals surface area contributed by atoms with Gasteiger partial charge in [0.15, 0.2) is 6.61 Å². The Kier molecular flexibility index (Phi) is 5.47. The van der Waals surface area contributed by atoms with Gasteiger partial charge in [-0.05, 0) is 36.6 Å². The number of benzene rings is 1. The molecular formula is C13H18F3NO2. The van der Waals surface area contributed by atoms with Crippen LogP contribution in [0.4, 0.5) is 13.2 Å². The van der Waals surface area contributed by atoms with Crippen LogP contribution in [0.25, 0.3) is 0 Å². The molecule has 0 spiro atoms. The van der Waals surface area contributed by atoms with Gasteiger partial charge in [0.1, 0.15) is 11.5 Å². The Morgan fingerprint density at radius 3 is 2.53 bits per heavy atom. The lowest BCUT2D eigenvalue weighted by molar-refractivity contribution is -0.153. The van der Waals surface area contributed by atoms with Crippen LogP contribution < -0.4 is 15.2 Å². The quantitative estimate of drug-likeness (QED) is 0.869. The fraction of sp³-hybridized carbons (Fsp3) is 0.538. The van der Waals surface area contributed by atoms with Crippen LogP contribution in [0.5, 0.6) is 11.5 Å². The number of methoxy groups -OCH3 is 1. The van der Waals surface area contributed by atoms with Crippen molar-refractivity contribution in [3.8, 4) is 11.5 Å². The number of hydrogen-bond acceptors (Lipinski definition) is 3. The molecular weight excluding hydrogens is 259 g/mol. The van der Waals surface area contributed by atoms with Gasteiger partial charge >= 0.3 is 6.18 Å². The second kappa shape index (κ2) is 6.65. The molecule has 1 aromatic rings. The van der Waals surface area contributed by atoms with Crippen molar-refractivity contribution in [2.45, 2.75) is 32.0 Å². The van der Waals surface area contributed by atoms with Crippen LogP contribution in [-0.2, 0) is 6.42 Å². The molecule has 2 N–H and O–H groups in total. The Morgan fingerprint density at radius 1 is 1.32 bits per heavy atom. The van der Waals surface area contributed by atoms with Crippen molar-refractivity contribution in [3.05, 3.63) is 23.8 Å². The van der Waals surface area contributed by atoms with Gasteiger partial charge in [-0.1, -0.05) is 6.92 Å². The lowest BCUT2D eigenvalue weighted by Gasteiger charge is -2.16. The molecule has 0 aliphatic heterocycles. The van der Waals surface area contributed by atoms with E-state index in [1.807, 2.05) is 6.92 Å². The van der Waals surface area contributed by atoms with E-state index in [4.69, 9.17) is 15.2 Å². The number of nitrogens with two attached hydrogens (primary N) is 1. The van der Waals surface area contributed by atoms with Crippen LogP contribution in [0.15, 0.2) is 18.2 Å². The van der Waals surface area contributed by atoms with E-state index in [0.717, 1.165) is 6.42 Å². The molecule has 0 bridgehead atoms. The molecule has 3 nitrogen and oxygen atoms in total. The van der Waals surface area contributed by atoms with Crippen molar-refractivity contribution in [3.63, 3.8) is 0 Å². The summed E-state index contributed by atoms with van der Waals surface area (Å²) in [5.41, 5.74) is 6.45. The van der Waals surface area contributed by atoms with Gasteiger partial charge in [-0.15, -0.1) is 0 Å². The van der Waals surface area contributed by atoms with E-state index in [-0.39, 0.29) is 11.8 Å². The standard InChI is InChI=1S/C13H18F3NO2/c1-3-10(17)6-9-7-11(18-2)4-5-12(9)19-8-13(14,15)16/h4-5,7,10H,3,6,8,17H2,1-2H3. The molecule has 0 saturated carbocycles. The summed E-state index contributed by atoms with van der Waals surface area (Å²) >= 11 is 0. The zero-order valence-corrected chi connectivity index (χ0v) is 11.0. The predicted octanol–water partition coefficient (Wildman–Crippen LogP) is 2.92. The molecule has 0 saturated heterocycles. The summed E-state index contributed by atoms with van der Waals surface area (Å²) in [6, 6.07) is 4.57. The van der Waals surface area contributed by atoms with Gasteiger partial charge in [0, 0.05) is 6.04 Å². The van der Waals surface area contributed by atoms with Gasteiger partial charge in [-0.3, -0.25) is 0 Å². The summed E-state index contributed by atoms with van der Waals surface area (Å²) in [7, 11) is 1.50. The van der Waals surface area contributed by atoms with Crippen molar-refractivity contribution >= 4 is 0 Å². The molecule has 19 heavy (non-hydrogen) atoms. The molecule has 1 atom stereocenters. The smallest absolute Gasteiger partial charge is 0.422 e. The van der Waals surface area contributed by atoms with Crippen LogP contribution in [0.2, 0.25) is 0 Å². The van der Waals surface area contributed by atoms with E-state index in [0.29, 0.717) is 17.7 Å². The van der Waals surface area contributed by atoms with Gasteiger partial charge in [0.2, 0.25) is 0 Å². The van der Waals surface area contributed by atoms with Crippen molar-refractivity contribution in [1.82, 2.24) is 0 Å². The van der Waals surface area contributed by atoms with Crippen LogP contribution in [0.3, 0.4) is 0 Å². The van der Waals surface area contributed by atoms with Gasteiger partial charge in [0.25, 0.3) is 0 Å². The van der Waals surface area contributed by atoms with Crippen LogP contribution in [-0.4, -0.2) is 25.9 Å². The number of halogens is 3. The lowest BCUT2D eigenvalue weighted by Crippen LogP contribution is -2.23. The molecule has 0 radical (unpaired) electrons.